The number of rotatable bonds is 5. The third-order valence-electron chi connectivity index (χ3n) is 4.91. The fraction of sp³-hybridized carbons (Fsp3) is 0.174. The fourth-order valence-electron chi connectivity index (χ4n) is 3.10. The molecule has 8 nitrogen and oxygen atoms in total. The Morgan fingerprint density at radius 3 is 2.61 bits per heavy atom. The Hall–Kier alpha value is -4.07. The Bertz CT molecular complexity index is 1240. The van der Waals surface area contributed by atoms with Gasteiger partial charge in [0.1, 0.15) is 0 Å². The summed E-state index contributed by atoms with van der Waals surface area (Å²) in [4.78, 5) is 25.7. The first-order chi connectivity index (χ1) is 14.9. The molecule has 1 amide bonds. The summed E-state index contributed by atoms with van der Waals surface area (Å²) in [5.41, 5.74) is 6.51. The molecule has 3 aromatic heterocycles. The van der Waals surface area contributed by atoms with Crippen molar-refractivity contribution < 1.29 is 4.79 Å². The van der Waals surface area contributed by atoms with Gasteiger partial charge in [0, 0.05) is 48.3 Å². The van der Waals surface area contributed by atoms with Crippen LogP contribution in [0.4, 0.5) is 17.3 Å². The maximum absolute atomic E-state index is 12.5. The van der Waals surface area contributed by atoms with Crippen LogP contribution in [0.1, 0.15) is 27.3 Å². The Morgan fingerprint density at radius 2 is 1.87 bits per heavy atom. The average Bonchev–Trinajstić information content (AvgIpc) is 3.09. The number of nitrogens with one attached hydrogen (secondary N) is 2. The van der Waals surface area contributed by atoms with Gasteiger partial charge in [-0.15, -0.1) is 0 Å². The van der Waals surface area contributed by atoms with Crippen LogP contribution >= 0.6 is 0 Å². The van der Waals surface area contributed by atoms with Crippen molar-refractivity contribution in [1.29, 1.82) is 0 Å². The second-order valence-corrected chi connectivity index (χ2v) is 7.42. The van der Waals surface area contributed by atoms with Gasteiger partial charge in [-0.2, -0.15) is 5.10 Å². The molecule has 8 heteroatoms. The van der Waals surface area contributed by atoms with E-state index in [-0.39, 0.29) is 5.91 Å². The van der Waals surface area contributed by atoms with Gasteiger partial charge in [-0.3, -0.25) is 14.5 Å². The molecule has 156 valence electrons. The van der Waals surface area contributed by atoms with E-state index in [2.05, 4.69) is 30.7 Å². The van der Waals surface area contributed by atoms with Crippen molar-refractivity contribution in [3.05, 3.63) is 77.5 Å². The minimum Gasteiger partial charge on any atom is -0.324 e. The lowest BCUT2D eigenvalue weighted by atomic mass is 10.1. The second kappa shape index (κ2) is 8.35. The molecule has 0 bridgehead atoms. The van der Waals surface area contributed by atoms with Gasteiger partial charge in [0.05, 0.1) is 5.69 Å². The Labute approximate surface area is 180 Å². The van der Waals surface area contributed by atoms with E-state index < -0.39 is 0 Å². The number of aromatic nitrogens is 5. The van der Waals surface area contributed by atoms with Gasteiger partial charge >= 0.3 is 0 Å². The molecule has 2 N–H and O–H groups in total. The third-order valence-corrected chi connectivity index (χ3v) is 4.91. The van der Waals surface area contributed by atoms with Gasteiger partial charge in [0.15, 0.2) is 5.69 Å². The van der Waals surface area contributed by atoms with Crippen molar-refractivity contribution in [3.8, 4) is 11.3 Å². The molecule has 0 unspecified atom stereocenters. The monoisotopic (exact) mass is 413 g/mol. The first-order valence-electron chi connectivity index (χ1n) is 9.84. The van der Waals surface area contributed by atoms with E-state index in [1.807, 2.05) is 51.1 Å². The molecule has 0 radical (unpaired) electrons. The Kier molecular flexibility index (Phi) is 5.44. The summed E-state index contributed by atoms with van der Waals surface area (Å²) in [5, 5.41) is 10.4. The van der Waals surface area contributed by atoms with E-state index in [9.17, 15) is 4.79 Å². The number of benzene rings is 1. The van der Waals surface area contributed by atoms with Crippen molar-refractivity contribution in [2.24, 2.45) is 7.05 Å². The highest BCUT2D eigenvalue weighted by Crippen LogP contribution is 2.24. The standard InChI is InChI=1S/C23H23N7O/c1-14-9-17(13-24-12-14)19-7-8-25-23(27-19)28-20-11-18(6-5-15(20)2)26-22(31)21-10-16(3)30(4)29-21/h5-13H,1-4H3,(H,26,31)(H,25,27,28). The Balaban J connectivity index is 1.55. The van der Waals surface area contributed by atoms with Crippen LogP contribution in [0, 0.1) is 20.8 Å². The molecular formula is C23H23N7O. The predicted octanol–water partition coefficient (Wildman–Crippen LogP) is 4.19. The highest BCUT2D eigenvalue weighted by molar-refractivity contribution is 6.03. The molecule has 0 fully saturated rings. The molecule has 0 aliphatic rings. The summed E-state index contributed by atoms with van der Waals surface area (Å²) >= 11 is 0. The summed E-state index contributed by atoms with van der Waals surface area (Å²) in [6, 6.07) is 11.3. The summed E-state index contributed by atoms with van der Waals surface area (Å²) < 4.78 is 1.67. The first-order valence-corrected chi connectivity index (χ1v) is 9.84. The number of carbonyl (C=O) groups excluding carboxylic acids is 1. The van der Waals surface area contributed by atoms with Crippen LogP contribution in [-0.2, 0) is 7.05 Å². The summed E-state index contributed by atoms with van der Waals surface area (Å²) in [6.45, 7) is 5.87. The van der Waals surface area contributed by atoms with E-state index in [0.29, 0.717) is 17.3 Å². The largest absolute Gasteiger partial charge is 0.324 e. The number of carbonyl (C=O) groups is 1. The number of anilines is 3. The number of aryl methyl sites for hydroxylation is 4. The number of hydrogen-bond donors (Lipinski definition) is 2. The molecular weight excluding hydrogens is 390 g/mol. The summed E-state index contributed by atoms with van der Waals surface area (Å²) in [7, 11) is 1.81. The van der Waals surface area contributed by atoms with Crippen LogP contribution in [0.25, 0.3) is 11.3 Å². The van der Waals surface area contributed by atoms with Crippen LogP contribution < -0.4 is 10.6 Å². The number of hydrogen-bond acceptors (Lipinski definition) is 6. The van der Waals surface area contributed by atoms with Gasteiger partial charge in [-0.05, 0) is 62.2 Å². The van der Waals surface area contributed by atoms with Gasteiger partial charge in [-0.25, -0.2) is 9.97 Å². The molecule has 0 atom stereocenters. The maximum Gasteiger partial charge on any atom is 0.276 e. The Morgan fingerprint density at radius 1 is 1.03 bits per heavy atom. The van der Waals surface area contributed by atoms with E-state index in [1.165, 1.54) is 0 Å². The topological polar surface area (TPSA) is 97.6 Å². The number of pyridine rings is 1. The van der Waals surface area contributed by atoms with Crippen LogP contribution in [0.2, 0.25) is 0 Å². The van der Waals surface area contributed by atoms with Crippen molar-refractivity contribution in [2.75, 3.05) is 10.6 Å². The molecule has 0 aliphatic heterocycles. The third kappa shape index (κ3) is 4.58. The SMILES string of the molecule is Cc1cncc(-c2ccnc(Nc3cc(NC(=O)c4cc(C)n(C)n4)ccc3C)n2)c1. The molecule has 1 aromatic carbocycles. The van der Waals surface area contributed by atoms with Gasteiger partial charge in [0.2, 0.25) is 5.95 Å². The lowest BCUT2D eigenvalue weighted by Gasteiger charge is -2.12. The van der Waals surface area contributed by atoms with Crippen molar-refractivity contribution in [1.82, 2.24) is 24.7 Å². The van der Waals surface area contributed by atoms with E-state index >= 15 is 0 Å². The highest BCUT2D eigenvalue weighted by Gasteiger charge is 2.12. The lowest BCUT2D eigenvalue weighted by Crippen LogP contribution is -2.13. The minimum atomic E-state index is -0.260. The van der Waals surface area contributed by atoms with E-state index in [1.54, 1.807) is 36.4 Å². The van der Waals surface area contributed by atoms with Crippen molar-refractivity contribution in [3.63, 3.8) is 0 Å². The molecule has 4 rings (SSSR count). The fourth-order valence-corrected chi connectivity index (χ4v) is 3.10. The van der Waals surface area contributed by atoms with Crippen LogP contribution in [0.3, 0.4) is 0 Å². The molecule has 0 saturated carbocycles. The van der Waals surface area contributed by atoms with Crippen LogP contribution in [0.15, 0.2) is 55.0 Å². The second-order valence-electron chi connectivity index (χ2n) is 7.42. The molecule has 3 heterocycles. The van der Waals surface area contributed by atoms with Gasteiger partial charge < -0.3 is 10.6 Å². The van der Waals surface area contributed by atoms with E-state index in [4.69, 9.17) is 0 Å². The molecule has 0 saturated heterocycles. The number of nitrogens with zero attached hydrogens (tertiary/aromatic N) is 5. The van der Waals surface area contributed by atoms with Crippen molar-refractivity contribution in [2.45, 2.75) is 20.8 Å². The zero-order valence-electron chi connectivity index (χ0n) is 17.8. The summed E-state index contributed by atoms with van der Waals surface area (Å²) in [5.74, 6) is 0.203. The average molecular weight is 413 g/mol. The zero-order chi connectivity index (χ0) is 22.0. The molecule has 31 heavy (non-hydrogen) atoms. The number of amides is 1. The van der Waals surface area contributed by atoms with E-state index in [0.717, 1.165) is 33.8 Å². The van der Waals surface area contributed by atoms with Gasteiger partial charge in [-0.1, -0.05) is 6.07 Å². The highest BCUT2D eigenvalue weighted by atomic mass is 16.1. The smallest absolute Gasteiger partial charge is 0.276 e. The zero-order valence-corrected chi connectivity index (χ0v) is 17.8. The predicted molar refractivity (Wildman–Crippen MR) is 120 cm³/mol. The van der Waals surface area contributed by atoms with Gasteiger partial charge in [0.25, 0.3) is 5.91 Å². The summed E-state index contributed by atoms with van der Waals surface area (Å²) in [6.07, 6.45) is 5.29. The maximum atomic E-state index is 12.5. The molecule has 0 spiro atoms. The minimum absolute atomic E-state index is 0.260. The van der Waals surface area contributed by atoms with Crippen LogP contribution in [0.5, 0.6) is 0 Å². The van der Waals surface area contributed by atoms with Crippen LogP contribution in [-0.4, -0.2) is 30.6 Å². The quantitative estimate of drug-likeness (QED) is 0.509. The molecule has 0 aliphatic carbocycles. The lowest BCUT2D eigenvalue weighted by molar-refractivity contribution is 0.102. The van der Waals surface area contributed by atoms with Crippen molar-refractivity contribution >= 4 is 23.2 Å². The molecule has 4 aromatic rings. The first kappa shape index (κ1) is 20.2. The normalized spacial score (nSPS) is 10.7.